The van der Waals surface area contributed by atoms with Crippen molar-refractivity contribution in [2.75, 3.05) is 23.0 Å². The molecule has 0 atom stereocenters. The quantitative estimate of drug-likeness (QED) is 0.329. The van der Waals surface area contributed by atoms with Crippen LogP contribution in [0.4, 0.5) is 29.0 Å². The first-order valence-electron chi connectivity index (χ1n) is 10.8. The summed E-state index contributed by atoms with van der Waals surface area (Å²) in [6.07, 6.45) is 5.08. The lowest BCUT2D eigenvalue weighted by Gasteiger charge is -2.16. The van der Waals surface area contributed by atoms with Crippen molar-refractivity contribution in [2.45, 2.75) is 13.8 Å². The highest BCUT2D eigenvalue weighted by atomic mass is 15.2. The molecule has 0 amide bonds. The van der Waals surface area contributed by atoms with E-state index in [0.717, 1.165) is 44.8 Å². The van der Waals surface area contributed by atoms with E-state index >= 15 is 0 Å². The normalized spacial score (nSPS) is 10.8. The monoisotopic (exact) mass is 449 g/mol. The Labute approximate surface area is 196 Å². The molecule has 0 bridgehead atoms. The molecule has 9 heteroatoms. The fraction of sp³-hybridized carbons (Fsp3) is 0.120. The van der Waals surface area contributed by atoms with Gasteiger partial charge in [0, 0.05) is 41.8 Å². The lowest BCUT2D eigenvalue weighted by Crippen LogP contribution is -2.02. The van der Waals surface area contributed by atoms with Gasteiger partial charge in [-0.3, -0.25) is 0 Å². The Hall–Kier alpha value is -4.66. The molecule has 5 rings (SSSR count). The molecule has 0 saturated heterocycles. The van der Waals surface area contributed by atoms with Crippen molar-refractivity contribution in [2.24, 2.45) is 0 Å². The summed E-state index contributed by atoms with van der Waals surface area (Å²) in [6.45, 7) is 3.97. The lowest BCUT2D eigenvalue weighted by atomic mass is 10.0. The minimum atomic E-state index is 0.636. The maximum Gasteiger partial charge on any atom is 0.154 e. The molecule has 4 heterocycles. The molecule has 0 aliphatic heterocycles. The highest BCUT2D eigenvalue weighted by molar-refractivity contribution is 6.03. The minimum Gasteiger partial charge on any atom is -0.373 e. The van der Waals surface area contributed by atoms with Gasteiger partial charge in [-0.1, -0.05) is 12.1 Å². The maximum absolute atomic E-state index is 4.61. The largest absolute Gasteiger partial charge is 0.373 e. The van der Waals surface area contributed by atoms with Crippen LogP contribution in [0.1, 0.15) is 11.3 Å². The van der Waals surface area contributed by atoms with Gasteiger partial charge in [0.25, 0.3) is 0 Å². The Morgan fingerprint density at radius 3 is 2.41 bits per heavy atom. The number of pyridine rings is 2. The van der Waals surface area contributed by atoms with Crippen molar-refractivity contribution in [1.82, 2.24) is 30.1 Å². The summed E-state index contributed by atoms with van der Waals surface area (Å²) in [5.41, 5.74) is 4.53. The number of hydrogen-bond donors (Lipinski definition) is 3. The summed E-state index contributed by atoms with van der Waals surface area (Å²) in [4.78, 5) is 17.8. The molecule has 4 aromatic heterocycles. The molecule has 0 radical (unpaired) electrons. The summed E-state index contributed by atoms with van der Waals surface area (Å²) in [5, 5.41) is 20.2. The molecule has 5 aromatic rings. The Balaban J connectivity index is 1.56. The van der Waals surface area contributed by atoms with E-state index in [9.17, 15) is 0 Å². The first-order chi connectivity index (χ1) is 16.6. The lowest BCUT2D eigenvalue weighted by molar-refractivity contribution is 0.984. The predicted molar refractivity (Wildman–Crippen MR) is 135 cm³/mol. The number of fused-ring (bicyclic) bond motifs is 1. The summed E-state index contributed by atoms with van der Waals surface area (Å²) in [6, 6.07) is 15.7. The van der Waals surface area contributed by atoms with Crippen molar-refractivity contribution in [3.8, 4) is 11.3 Å². The zero-order valence-electron chi connectivity index (χ0n) is 19.0. The molecule has 0 aliphatic carbocycles. The van der Waals surface area contributed by atoms with E-state index in [1.165, 1.54) is 0 Å². The van der Waals surface area contributed by atoms with Crippen LogP contribution in [0.5, 0.6) is 0 Å². The Bertz CT molecular complexity index is 1470. The van der Waals surface area contributed by atoms with Gasteiger partial charge >= 0.3 is 0 Å². The van der Waals surface area contributed by atoms with Gasteiger partial charge in [-0.25, -0.2) is 19.9 Å². The molecule has 0 fully saturated rings. The molecule has 9 nitrogen and oxygen atoms in total. The third-order valence-corrected chi connectivity index (χ3v) is 5.45. The molecule has 34 heavy (non-hydrogen) atoms. The fourth-order valence-corrected chi connectivity index (χ4v) is 3.69. The Morgan fingerprint density at radius 2 is 1.59 bits per heavy atom. The van der Waals surface area contributed by atoms with Crippen LogP contribution < -0.4 is 16.0 Å². The summed E-state index contributed by atoms with van der Waals surface area (Å²) >= 11 is 0. The van der Waals surface area contributed by atoms with E-state index in [4.69, 9.17) is 0 Å². The van der Waals surface area contributed by atoms with Gasteiger partial charge < -0.3 is 16.0 Å². The fourth-order valence-electron chi connectivity index (χ4n) is 3.69. The molecule has 0 aliphatic rings. The zero-order chi connectivity index (χ0) is 23.5. The van der Waals surface area contributed by atoms with Crippen LogP contribution in [0.25, 0.3) is 22.0 Å². The topological polar surface area (TPSA) is 113 Å². The number of hydrogen-bond acceptors (Lipinski definition) is 9. The van der Waals surface area contributed by atoms with E-state index in [0.29, 0.717) is 17.5 Å². The van der Waals surface area contributed by atoms with E-state index in [1.54, 1.807) is 18.7 Å². The highest BCUT2D eigenvalue weighted by Gasteiger charge is 2.14. The number of nitrogens with zero attached hydrogens (tertiary/aromatic N) is 6. The van der Waals surface area contributed by atoms with Gasteiger partial charge in [-0.2, -0.15) is 5.10 Å². The van der Waals surface area contributed by atoms with Gasteiger partial charge in [0.15, 0.2) is 5.82 Å². The van der Waals surface area contributed by atoms with Crippen LogP contribution in [0.2, 0.25) is 0 Å². The molecule has 168 valence electrons. The van der Waals surface area contributed by atoms with Gasteiger partial charge in [0.05, 0.1) is 17.1 Å². The summed E-state index contributed by atoms with van der Waals surface area (Å²) in [5.74, 6) is 2.78. The number of benzene rings is 1. The molecule has 0 saturated carbocycles. The zero-order valence-corrected chi connectivity index (χ0v) is 19.0. The molecule has 3 N–H and O–H groups in total. The SMILES string of the molecule is CNc1cc(-c2cccnc2Nc2c(C)ccc3c(Nc4ccc(C)nn4)nccc23)ncn1. The minimum absolute atomic E-state index is 0.636. The Kier molecular flexibility index (Phi) is 5.65. The number of rotatable bonds is 6. The molecular formula is C25H23N9. The second kappa shape index (κ2) is 9.07. The number of aromatic nitrogens is 6. The van der Waals surface area contributed by atoms with Gasteiger partial charge in [-0.05, 0) is 49.7 Å². The third kappa shape index (κ3) is 4.18. The number of aryl methyl sites for hydroxylation is 2. The standard InChI is InChI=1S/C25H23N9/c1-15-6-8-18-17(10-12-28-24(18)31-21-9-7-16(2)33-34-21)23(15)32-25-19(5-4-11-27-25)20-13-22(26-3)30-14-29-20/h4-14H,1-3H3,(H,27,32)(H,26,29,30)(H,28,31,34). The van der Waals surface area contributed by atoms with Crippen molar-refractivity contribution in [3.05, 3.63) is 78.5 Å². The van der Waals surface area contributed by atoms with Crippen LogP contribution in [-0.2, 0) is 0 Å². The van der Waals surface area contributed by atoms with Crippen molar-refractivity contribution >= 4 is 39.7 Å². The van der Waals surface area contributed by atoms with E-state index in [2.05, 4.69) is 65.1 Å². The second-order valence-electron chi connectivity index (χ2n) is 7.76. The first kappa shape index (κ1) is 21.2. The number of nitrogens with one attached hydrogen (secondary N) is 3. The Morgan fingerprint density at radius 1 is 0.706 bits per heavy atom. The van der Waals surface area contributed by atoms with Crippen LogP contribution in [0, 0.1) is 13.8 Å². The van der Waals surface area contributed by atoms with Gasteiger partial charge in [0.1, 0.15) is 23.8 Å². The summed E-state index contributed by atoms with van der Waals surface area (Å²) < 4.78 is 0. The van der Waals surface area contributed by atoms with Crippen molar-refractivity contribution < 1.29 is 0 Å². The van der Waals surface area contributed by atoms with Crippen LogP contribution in [0.15, 0.2) is 67.3 Å². The predicted octanol–water partition coefficient (Wildman–Crippen LogP) is 5.02. The first-order valence-corrected chi connectivity index (χ1v) is 10.8. The smallest absolute Gasteiger partial charge is 0.154 e. The van der Waals surface area contributed by atoms with Gasteiger partial charge in [-0.15, -0.1) is 5.10 Å². The second-order valence-corrected chi connectivity index (χ2v) is 7.76. The molecular weight excluding hydrogens is 426 g/mol. The molecule has 0 unspecified atom stereocenters. The van der Waals surface area contributed by atoms with E-state index in [-0.39, 0.29) is 0 Å². The maximum atomic E-state index is 4.61. The molecule has 1 aromatic carbocycles. The van der Waals surface area contributed by atoms with Gasteiger partial charge in [0.2, 0.25) is 0 Å². The van der Waals surface area contributed by atoms with E-state index in [1.807, 2.05) is 50.4 Å². The average molecular weight is 450 g/mol. The number of anilines is 5. The third-order valence-electron chi connectivity index (χ3n) is 5.45. The van der Waals surface area contributed by atoms with Crippen molar-refractivity contribution in [1.29, 1.82) is 0 Å². The van der Waals surface area contributed by atoms with Crippen LogP contribution >= 0.6 is 0 Å². The average Bonchev–Trinajstić information content (AvgIpc) is 2.87. The summed E-state index contributed by atoms with van der Waals surface area (Å²) in [7, 11) is 1.83. The van der Waals surface area contributed by atoms with Crippen LogP contribution in [0.3, 0.4) is 0 Å². The molecule has 0 spiro atoms. The van der Waals surface area contributed by atoms with Crippen LogP contribution in [-0.4, -0.2) is 37.2 Å². The highest BCUT2D eigenvalue weighted by Crippen LogP contribution is 2.35. The van der Waals surface area contributed by atoms with Crippen molar-refractivity contribution in [3.63, 3.8) is 0 Å². The van der Waals surface area contributed by atoms with E-state index < -0.39 is 0 Å².